The van der Waals surface area contributed by atoms with Gasteiger partial charge in [0.1, 0.15) is 5.60 Å². The lowest BCUT2D eigenvalue weighted by Crippen LogP contribution is -2.30. The Morgan fingerprint density at radius 1 is 1.10 bits per heavy atom. The molecule has 0 amide bonds. The number of hydrogen-bond acceptors (Lipinski definition) is 5. The highest BCUT2D eigenvalue weighted by Crippen LogP contribution is 2.43. The van der Waals surface area contributed by atoms with Gasteiger partial charge in [-0.25, -0.2) is 0 Å². The molecule has 1 unspecified atom stereocenters. The number of likely N-dealkylation sites (tertiary alicyclic amines) is 1. The summed E-state index contributed by atoms with van der Waals surface area (Å²) in [7, 11) is 0. The summed E-state index contributed by atoms with van der Waals surface area (Å²) in [6.07, 6.45) is -3.54. The summed E-state index contributed by atoms with van der Waals surface area (Å²) in [5, 5.41) is 3.87. The lowest BCUT2D eigenvalue weighted by atomic mass is 9.92. The SMILES string of the molecule is FC(F)(F)c1cccc(-c2noc(CN3CCC4(C3)OCc3ccccc34)n2)c1. The summed E-state index contributed by atoms with van der Waals surface area (Å²) in [4.78, 5) is 6.47. The van der Waals surface area contributed by atoms with Gasteiger partial charge < -0.3 is 9.26 Å². The van der Waals surface area contributed by atoms with Gasteiger partial charge in [0, 0.05) is 18.7 Å². The molecule has 3 heterocycles. The van der Waals surface area contributed by atoms with Crippen molar-refractivity contribution in [2.45, 2.75) is 31.3 Å². The number of ether oxygens (including phenoxy) is 1. The molecule has 1 saturated heterocycles. The second-order valence-corrected chi connectivity index (χ2v) is 7.49. The van der Waals surface area contributed by atoms with Gasteiger partial charge >= 0.3 is 6.18 Å². The van der Waals surface area contributed by atoms with Gasteiger partial charge in [-0.3, -0.25) is 4.90 Å². The molecule has 1 atom stereocenters. The van der Waals surface area contributed by atoms with Gasteiger partial charge in [0.05, 0.1) is 18.7 Å². The van der Waals surface area contributed by atoms with Crippen molar-refractivity contribution in [3.63, 3.8) is 0 Å². The molecule has 1 aromatic heterocycles. The van der Waals surface area contributed by atoms with E-state index in [1.165, 1.54) is 23.3 Å². The maximum absolute atomic E-state index is 12.9. The molecule has 2 aliphatic rings. The van der Waals surface area contributed by atoms with Crippen molar-refractivity contribution in [1.82, 2.24) is 15.0 Å². The molecule has 0 bridgehead atoms. The smallest absolute Gasteiger partial charge is 0.364 e. The van der Waals surface area contributed by atoms with Crippen molar-refractivity contribution in [2.24, 2.45) is 0 Å². The van der Waals surface area contributed by atoms with Gasteiger partial charge in [-0.2, -0.15) is 18.2 Å². The average molecular weight is 401 g/mol. The van der Waals surface area contributed by atoms with E-state index in [1.807, 2.05) is 12.1 Å². The Kier molecular flexibility index (Phi) is 4.22. The molecule has 0 saturated carbocycles. The van der Waals surface area contributed by atoms with Crippen LogP contribution >= 0.6 is 0 Å². The first-order chi connectivity index (χ1) is 13.9. The molecule has 0 radical (unpaired) electrons. The fourth-order valence-electron chi connectivity index (χ4n) is 4.18. The Morgan fingerprint density at radius 2 is 1.97 bits per heavy atom. The quantitative estimate of drug-likeness (QED) is 0.652. The zero-order chi connectivity index (χ0) is 20.1. The maximum atomic E-state index is 12.9. The lowest BCUT2D eigenvalue weighted by molar-refractivity contribution is -0.137. The molecule has 5 rings (SSSR count). The van der Waals surface area contributed by atoms with E-state index < -0.39 is 11.7 Å². The second kappa shape index (κ2) is 6.67. The van der Waals surface area contributed by atoms with Crippen LogP contribution in [0.25, 0.3) is 11.4 Å². The fraction of sp³-hybridized carbons (Fsp3) is 0.333. The van der Waals surface area contributed by atoms with Crippen LogP contribution in [0.15, 0.2) is 53.1 Å². The number of aromatic nitrogens is 2. The van der Waals surface area contributed by atoms with Crippen molar-refractivity contribution >= 4 is 0 Å². The van der Waals surface area contributed by atoms with Crippen LogP contribution in [0.4, 0.5) is 13.2 Å². The standard InChI is InChI=1S/C21H18F3N3O2/c22-21(23,24)16-6-3-5-14(10-16)19-25-18(29-26-19)11-27-9-8-20(13-27)17-7-2-1-4-15(17)12-28-20/h1-7,10H,8-9,11-13H2. The topological polar surface area (TPSA) is 51.4 Å². The summed E-state index contributed by atoms with van der Waals surface area (Å²) in [5.74, 6) is 0.531. The highest BCUT2D eigenvalue weighted by atomic mass is 19.4. The molecule has 1 spiro atoms. The largest absolute Gasteiger partial charge is 0.416 e. The highest BCUT2D eigenvalue weighted by molar-refractivity contribution is 5.55. The van der Waals surface area contributed by atoms with Gasteiger partial charge in [0.2, 0.25) is 11.7 Å². The van der Waals surface area contributed by atoms with E-state index in [0.29, 0.717) is 25.6 Å². The summed E-state index contributed by atoms with van der Waals surface area (Å²) in [5.41, 5.74) is 1.69. The third-order valence-corrected chi connectivity index (χ3v) is 5.60. The first-order valence-electron chi connectivity index (χ1n) is 9.38. The van der Waals surface area contributed by atoms with Crippen molar-refractivity contribution in [2.75, 3.05) is 13.1 Å². The summed E-state index contributed by atoms with van der Waals surface area (Å²) in [6, 6.07) is 13.2. The molecule has 0 aliphatic carbocycles. The Hall–Kier alpha value is -2.71. The molecule has 2 aromatic carbocycles. The van der Waals surface area contributed by atoms with E-state index in [4.69, 9.17) is 9.26 Å². The van der Waals surface area contributed by atoms with E-state index in [2.05, 4.69) is 27.2 Å². The zero-order valence-corrected chi connectivity index (χ0v) is 15.4. The monoisotopic (exact) mass is 401 g/mol. The van der Waals surface area contributed by atoms with E-state index in [-0.39, 0.29) is 17.0 Å². The van der Waals surface area contributed by atoms with Gasteiger partial charge in [-0.05, 0) is 29.7 Å². The third-order valence-electron chi connectivity index (χ3n) is 5.60. The van der Waals surface area contributed by atoms with Crippen molar-refractivity contribution < 1.29 is 22.4 Å². The second-order valence-electron chi connectivity index (χ2n) is 7.49. The van der Waals surface area contributed by atoms with Crippen LogP contribution in [0.2, 0.25) is 0 Å². The summed E-state index contributed by atoms with van der Waals surface area (Å²) in [6.45, 7) is 2.57. The number of hydrogen-bond donors (Lipinski definition) is 0. The van der Waals surface area contributed by atoms with Gasteiger partial charge in [0.25, 0.3) is 0 Å². The minimum absolute atomic E-state index is 0.155. The minimum atomic E-state index is -4.41. The van der Waals surface area contributed by atoms with Crippen LogP contribution in [0.5, 0.6) is 0 Å². The van der Waals surface area contributed by atoms with Crippen LogP contribution in [-0.2, 0) is 29.7 Å². The van der Waals surface area contributed by atoms with Crippen LogP contribution in [0.3, 0.4) is 0 Å². The molecular weight excluding hydrogens is 383 g/mol. The fourth-order valence-corrected chi connectivity index (χ4v) is 4.18. The third kappa shape index (κ3) is 3.32. The Balaban J connectivity index is 1.31. The van der Waals surface area contributed by atoms with E-state index in [9.17, 15) is 13.2 Å². The van der Waals surface area contributed by atoms with Crippen molar-refractivity contribution in [3.8, 4) is 11.4 Å². The highest BCUT2D eigenvalue weighted by Gasteiger charge is 2.45. The van der Waals surface area contributed by atoms with Crippen LogP contribution in [-0.4, -0.2) is 28.1 Å². The number of alkyl halides is 3. The number of rotatable bonds is 3. The van der Waals surface area contributed by atoms with E-state index in [0.717, 1.165) is 25.1 Å². The minimum Gasteiger partial charge on any atom is -0.364 e. The van der Waals surface area contributed by atoms with Gasteiger partial charge in [-0.15, -0.1) is 0 Å². The number of nitrogens with zero attached hydrogens (tertiary/aromatic N) is 3. The average Bonchev–Trinajstić information content (AvgIpc) is 3.43. The summed E-state index contributed by atoms with van der Waals surface area (Å²) >= 11 is 0. The number of fused-ring (bicyclic) bond motifs is 2. The Morgan fingerprint density at radius 3 is 2.83 bits per heavy atom. The molecule has 3 aromatic rings. The lowest BCUT2D eigenvalue weighted by Gasteiger charge is -2.24. The first-order valence-corrected chi connectivity index (χ1v) is 9.38. The molecular formula is C21H18F3N3O2. The van der Waals surface area contributed by atoms with Crippen molar-refractivity contribution in [1.29, 1.82) is 0 Å². The normalized spacial score (nSPS) is 21.8. The molecule has 0 N–H and O–H groups in total. The molecule has 2 aliphatic heterocycles. The molecule has 8 heteroatoms. The van der Waals surface area contributed by atoms with Crippen LogP contribution in [0, 0.1) is 0 Å². The van der Waals surface area contributed by atoms with Crippen LogP contribution < -0.4 is 0 Å². The molecule has 1 fully saturated rings. The summed E-state index contributed by atoms with van der Waals surface area (Å²) < 4.78 is 50.2. The number of benzene rings is 2. The Bertz CT molecular complexity index is 1050. The van der Waals surface area contributed by atoms with Gasteiger partial charge in [-0.1, -0.05) is 41.6 Å². The van der Waals surface area contributed by atoms with Crippen LogP contribution in [0.1, 0.15) is 29.0 Å². The molecule has 5 nitrogen and oxygen atoms in total. The molecule has 29 heavy (non-hydrogen) atoms. The van der Waals surface area contributed by atoms with Gasteiger partial charge in [0.15, 0.2) is 0 Å². The van der Waals surface area contributed by atoms with Crippen molar-refractivity contribution in [3.05, 3.63) is 71.1 Å². The maximum Gasteiger partial charge on any atom is 0.416 e. The zero-order valence-electron chi connectivity index (χ0n) is 15.4. The predicted molar refractivity (Wildman–Crippen MR) is 97.5 cm³/mol. The molecule has 150 valence electrons. The Labute approximate surface area is 165 Å². The van der Waals surface area contributed by atoms with E-state index >= 15 is 0 Å². The van der Waals surface area contributed by atoms with E-state index in [1.54, 1.807) is 0 Å². The number of halogens is 3. The predicted octanol–water partition coefficient (Wildman–Crippen LogP) is 4.39. The first kappa shape index (κ1) is 18.3.